The van der Waals surface area contributed by atoms with Gasteiger partial charge in [0.25, 0.3) is 0 Å². The molecule has 4 bridgehead atoms. The fourth-order valence-corrected chi connectivity index (χ4v) is 6.33. The van der Waals surface area contributed by atoms with Gasteiger partial charge in [0.1, 0.15) is 0 Å². The average molecular weight is 190 g/mol. The molecule has 0 aromatic rings. The maximum atomic E-state index is 2.53. The van der Waals surface area contributed by atoms with E-state index in [1.807, 2.05) is 0 Å². The molecule has 0 aromatic carbocycles. The summed E-state index contributed by atoms with van der Waals surface area (Å²) in [6.45, 7) is 5.07. The molecule has 5 saturated carbocycles. The summed E-state index contributed by atoms with van der Waals surface area (Å²) < 4.78 is 0. The van der Waals surface area contributed by atoms with Crippen LogP contribution in [0.25, 0.3) is 0 Å². The predicted molar refractivity (Wildman–Crippen MR) is 57.8 cm³/mol. The molecule has 78 valence electrons. The SMILES string of the molecule is C[C@@H]1[C@H](C)C12C1CC3CC(C1)CC2C3. The van der Waals surface area contributed by atoms with Crippen molar-refractivity contribution >= 4 is 0 Å². The largest absolute Gasteiger partial charge is 0.0617 e. The zero-order chi connectivity index (χ0) is 9.50. The van der Waals surface area contributed by atoms with Crippen molar-refractivity contribution in [3.63, 3.8) is 0 Å². The Morgan fingerprint density at radius 1 is 0.714 bits per heavy atom. The van der Waals surface area contributed by atoms with Crippen LogP contribution in [0, 0.1) is 40.9 Å². The van der Waals surface area contributed by atoms with E-state index in [9.17, 15) is 0 Å². The normalized spacial score (nSPS) is 69.0. The van der Waals surface area contributed by atoms with E-state index in [0.717, 1.165) is 40.9 Å². The Morgan fingerprint density at radius 3 is 1.50 bits per heavy atom. The number of hydrogen-bond acceptors (Lipinski definition) is 0. The average Bonchev–Trinajstić information content (AvgIpc) is 2.67. The lowest BCUT2D eigenvalue weighted by Crippen LogP contribution is -2.47. The van der Waals surface area contributed by atoms with Crippen molar-refractivity contribution in [2.24, 2.45) is 40.9 Å². The van der Waals surface area contributed by atoms with Crippen molar-refractivity contribution in [3.8, 4) is 0 Å². The predicted octanol–water partition coefficient (Wildman–Crippen LogP) is 3.71. The molecule has 0 nitrogen and oxygen atoms in total. The molecule has 0 unspecified atom stereocenters. The molecule has 0 radical (unpaired) electrons. The van der Waals surface area contributed by atoms with E-state index in [2.05, 4.69) is 13.8 Å². The van der Waals surface area contributed by atoms with Crippen LogP contribution in [0.3, 0.4) is 0 Å². The Labute approximate surface area is 87.5 Å². The fourth-order valence-electron chi connectivity index (χ4n) is 6.33. The van der Waals surface area contributed by atoms with Crippen LogP contribution >= 0.6 is 0 Å². The molecule has 0 saturated heterocycles. The zero-order valence-electron chi connectivity index (χ0n) is 9.50. The van der Waals surface area contributed by atoms with Crippen LogP contribution in [-0.4, -0.2) is 0 Å². The molecule has 0 aromatic heterocycles. The standard InChI is InChI=1S/C14H22/c1-8-9(2)14(8)12-4-10-3-11(6-12)7-13(14)5-10/h8-13H,3-7H2,1-2H3/t8-,9+,10?,11?,12?,13?,14?. The highest BCUT2D eigenvalue weighted by Crippen LogP contribution is 2.77. The number of rotatable bonds is 0. The third kappa shape index (κ3) is 0.686. The molecular formula is C14H22. The molecule has 1 spiro atoms. The van der Waals surface area contributed by atoms with E-state index >= 15 is 0 Å². The van der Waals surface area contributed by atoms with Gasteiger partial charge in [-0.2, -0.15) is 0 Å². The highest BCUT2D eigenvalue weighted by Gasteiger charge is 2.71. The molecule has 0 amide bonds. The van der Waals surface area contributed by atoms with Crippen molar-refractivity contribution in [3.05, 3.63) is 0 Å². The van der Waals surface area contributed by atoms with Crippen molar-refractivity contribution in [2.45, 2.75) is 46.0 Å². The van der Waals surface area contributed by atoms with Crippen LogP contribution < -0.4 is 0 Å². The van der Waals surface area contributed by atoms with Crippen LogP contribution in [0.4, 0.5) is 0 Å². The van der Waals surface area contributed by atoms with Gasteiger partial charge in [-0.05, 0) is 73.0 Å². The second kappa shape index (κ2) is 2.23. The van der Waals surface area contributed by atoms with Gasteiger partial charge in [0, 0.05) is 0 Å². The molecule has 5 rings (SSSR count). The molecule has 0 N–H and O–H groups in total. The van der Waals surface area contributed by atoms with Gasteiger partial charge in [-0.1, -0.05) is 13.8 Å². The highest BCUT2D eigenvalue weighted by molar-refractivity contribution is 5.19. The zero-order valence-corrected chi connectivity index (χ0v) is 9.50. The minimum absolute atomic E-state index is 0.868. The molecule has 0 aliphatic heterocycles. The van der Waals surface area contributed by atoms with E-state index in [4.69, 9.17) is 0 Å². The summed E-state index contributed by atoms with van der Waals surface area (Å²) in [6, 6.07) is 0. The maximum Gasteiger partial charge on any atom is -0.0184 e. The molecule has 0 heteroatoms. The first-order valence-corrected chi connectivity index (χ1v) is 6.73. The van der Waals surface area contributed by atoms with E-state index in [1.54, 1.807) is 32.1 Å². The van der Waals surface area contributed by atoms with Gasteiger partial charge in [0.15, 0.2) is 0 Å². The number of hydrogen-bond donors (Lipinski definition) is 0. The lowest BCUT2D eigenvalue weighted by Gasteiger charge is -2.56. The minimum atomic E-state index is 0.868. The summed E-state index contributed by atoms with van der Waals surface area (Å²) in [7, 11) is 0. The Morgan fingerprint density at radius 2 is 1.14 bits per heavy atom. The van der Waals surface area contributed by atoms with Gasteiger partial charge < -0.3 is 0 Å². The van der Waals surface area contributed by atoms with Gasteiger partial charge in [-0.25, -0.2) is 0 Å². The first kappa shape index (κ1) is 8.19. The van der Waals surface area contributed by atoms with Crippen LogP contribution in [0.5, 0.6) is 0 Å². The second-order valence-electron chi connectivity index (χ2n) is 6.88. The third-order valence-electron chi connectivity index (χ3n) is 6.77. The topological polar surface area (TPSA) is 0 Å². The van der Waals surface area contributed by atoms with Crippen molar-refractivity contribution < 1.29 is 0 Å². The molecule has 5 aliphatic rings. The summed E-state index contributed by atoms with van der Waals surface area (Å²) >= 11 is 0. The molecular weight excluding hydrogens is 168 g/mol. The van der Waals surface area contributed by atoms with Crippen LogP contribution in [0.1, 0.15) is 46.0 Å². The fraction of sp³-hybridized carbons (Fsp3) is 1.00. The molecule has 5 fully saturated rings. The van der Waals surface area contributed by atoms with Gasteiger partial charge >= 0.3 is 0 Å². The first-order valence-electron chi connectivity index (χ1n) is 6.73. The van der Waals surface area contributed by atoms with Crippen molar-refractivity contribution in [2.75, 3.05) is 0 Å². The summed E-state index contributed by atoms with van der Waals surface area (Å²) in [6.07, 6.45) is 8.05. The Kier molecular flexibility index (Phi) is 1.30. The van der Waals surface area contributed by atoms with Crippen molar-refractivity contribution in [1.82, 2.24) is 0 Å². The van der Waals surface area contributed by atoms with Crippen LogP contribution in [0.15, 0.2) is 0 Å². The third-order valence-corrected chi connectivity index (χ3v) is 6.77. The van der Waals surface area contributed by atoms with Crippen molar-refractivity contribution in [1.29, 1.82) is 0 Å². The molecule has 5 aliphatic carbocycles. The maximum absolute atomic E-state index is 2.53. The first-order chi connectivity index (χ1) is 6.73. The van der Waals surface area contributed by atoms with Gasteiger partial charge in [-0.15, -0.1) is 0 Å². The summed E-state index contributed by atoms with van der Waals surface area (Å²) in [5.41, 5.74) is 0.868. The Hall–Kier alpha value is 0. The molecule has 2 atom stereocenters. The Balaban J connectivity index is 1.76. The van der Waals surface area contributed by atoms with E-state index < -0.39 is 0 Å². The van der Waals surface area contributed by atoms with E-state index in [-0.39, 0.29) is 0 Å². The summed E-state index contributed by atoms with van der Waals surface area (Å²) in [5, 5.41) is 0. The van der Waals surface area contributed by atoms with Crippen LogP contribution in [-0.2, 0) is 0 Å². The summed E-state index contributed by atoms with van der Waals surface area (Å²) in [5.74, 6) is 6.76. The lowest BCUT2D eigenvalue weighted by molar-refractivity contribution is -0.0646. The molecule has 14 heavy (non-hydrogen) atoms. The van der Waals surface area contributed by atoms with Gasteiger partial charge in [0.2, 0.25) is 0 Å². The quantitative estimate of drug-likeness (QED) is 0.546. The monoisotopic (exact) mass is 190 g/mol. The minimum Gasteiger partial charge on any atom is -0.0617 e. The smallest absolute Gasteiger partial charge is 0.0184 e. The Bertz CT molecular complexity index is 240. The molecule has 0 heterocycles. The van der Waals surface area contributed by atoms with Crippen LogP contribution in [0.2, 0.25) is 0 Å². The summed E-state index contributed by atoms with van der Waals surface area (Å²) in [4.78, 5) is 0. The highest BCUT2D eigenvalue weighted by atomic mass is 14.8. The lowest BCUT2D eigenvalue weighted by atomic mass is 9.49. The van der Waals surface area contributed by atoms with Gasteiger partial charge in [0.05, 0.1) is 0 Å². The second-order valence-corrected chi connectivity index (χ2v) is 6.88. The van der Waals surface area contributed by atoms with E-state index in [0.29, 0.717) is 0 Å². The van der Waals surface area contributed by atoms with Gasteiger partial charge in [-0.3, -0.25) is 0 Å². The van der Waals surface area contributed by atoms with E-state index in [1.165, 1.54) is 0 Å².